The smallest absolute Gasteiger partial charge is 0.253 e. The van der Waals surface area contributed by atoms with Gasteiger partial charge in [-0.15, -0.1) is 0 Å². The predicted octanol–water partition coefficient (Wildman–Crippen LogP) is 3.90. The summed E-state index contributed by atoms with van der Waals surface area (Å²) in [6.07, 6.45) is 1.72. The summed E-state index contributed by atoms with van der Waals surface area (Å²) in [4.78, 5) is 19.0. The van der Waals surface area contributed by atoms with E-state index < -0.39 is 0 Å². The number of benzene rings is 2. The fourth-order valence-corrected chi connectivity index (χ4v) is 3.40. The molecule has 6 nitrogen and oxygen atoms in total. The van der Waals surface area contributed by atoms with Crippen LogP contribution in [-0.4, -0.2) is 41.1 Å². The monoisotopic (exact) mass is 381 g/mol. The van der Waals surface area contributed by atoms with Gasteiger partial charge in [0, 0.05) is 24.2 Å². The van der Waals surface area contributed by atoms with Crippen LogP contribution in [0.5, 0.6) is 5.75 Å². The van der Waals surface area contributed by atoms with E-state index in [-0.39, 0.29) is 17.6 Å². The number of amides is 1. The molecule has 0 saturated carbocycles. The Morgan fingerprint density at radius 3 is 2.64 bits per heavy atom. The Morgan fingerprint density at radius 1 is 1.18 bits per heavy atom. The lowest BCUT2D eigenvalue weighted by Gasteiger charge is -2.31. The Kier molecular flexibility index (Phi) is 5.06. The minimum Gasteiger partial charge on any atom is -0.497 e. The molecule has 1 fully saturated rings. The van der Waals surface area contributed by atoms with Gasteiger partial charge in [0.2, 0.25) is 11.7 Å². The fourth-order valence-electron chi connectivity index (χ4n) is 3.40. The third-order valence-electron chi connectivity index (χ3n) is 4.94. The van der Waals surface area contributed by atoms with Crippen LogP contribution in [0.1, 0.15) is 35.0 Å². The van der Waals surface area contributed by atoms with Gasteiger partial charge in [-0.05, 0) is 61.4 Å². The number of piperidine rings is 1. The Labute approximate surface area is 161 Å². The summed E-state index contributed by atoms with van der Waals surface area (Å²) in [5.74, 6) is 1.32. The highest BCUT2D eigenvalue weighted by Crippen LogP contribution is 2.29. The van der Waals surface area contributed by atoms with Crippen LogP contribution in [0.25, 0.3) is 11.4 Å². The lowest BCUT2D eigenvalue weighted by molar-refractivity contribution is 0.0695. The Hall–Kier alpha value is -3.22. The molecule has 0 N–H and O–H groups in total. The van der Waals surface area contributed by atoms with Gasteiger partial charge < -0.3 is 14.2 Å². The number of aromatic nitrogens is 2. The number of likely N-dealkylation sites (tertiary alicyclic amines) is 1. The summed E-state index contributed by atoms with van der Waals surface area (Å²) in [6.45, 7) is 1.16. The molecular formula is C21H20FN3O3. The average molecular weight is 381 g/mol. The van der Waals surface area contributed by atoms with Gasteiger partial charge in [0.15, 0.2) is 0 Å². The standard InChI is InChI=1S/C21H20FN3O3/c1-27-18-10-6-14(7-11-18)19-23-20(28-24-19)16-3-2-12-25(13-16)21(26)15-4-8-17(22)9-5-15/h4-11,16H,2-3,12-13H2,1H3/t16-/m1/s1. The molecule has 7 heteroatoms. The normalized spacial score (nSPS) is 16.8. The van der Waals surface area contributed by atoms with E-state index in [4.69, 9.17) is 9.26 Å². The summed E-state index contributed by atoms with van der Waals surface area (Å²) < 4.78 is 23.7. The van der Waals surface area contributed by atoms with Crippen LogP contribution in [0.15, 0.2) is 53.1 Å². The molecule has 0 radical (unpaired) electrons. The Bertz CT molecular complexity index is 954. The van der Waals surface area contributed by atoms with E-state index in [9.17, 15) is 9.18 Å². The van der Waals surface area contributed by atoms with Crippen molar-refractivity contribution in [2.75, 3.05) is 20.2 Å². The molecular weight excluding hydrogens is 361 g/mol. The molecule has 1 amide bonds. The van der Waals surface area contributed by atoms with Crippen molar-refractivity contribution >= 4 is 5.91 Å². The maximum absolute atomic E-state index is 13.1. The maximum atomic E-state index is 13.1. The lowest BCUT2D eigenvalue weighted by atomic mass is 9.97. The van der Waals surface area contributed by atoms with Crippen molar-refractivity contribution in [3.05, 3.63) is 65.8 Å². The molecule has 1 atom stereocenters. The van der Waals surface area contributed by atoms with Crippen LogP contribution < -0.4 is 4.74 Å². The largest absolute Gasteiger partial charge is 0.497 e. The van der Waals surface area contributed by atoms with Crippen LogP contribution in [0.2, 0.25) is 0 Å². The van der Waals surface area contributed by atoms with Gasteiger partial charge in [0.1, 0.15) is 11.6 Å². The van der Waals surface area contributed by atoms with E-state index in [0.29, 0.717) is 30.4 Å². The van der Waals surface area contributed by atoms with Gasteiger partial charge in [-0.25, -0.2) is 4.39 Å². The van der Waals surface area contributed by atoms with Crippen molar-refractivity contribution in [1.82, 2.24) is 15.0 Å². The summed E-state index contributed by atoms with van der Waals surface area (Å²) in [5.41, 5.74) is 1.32. The maximum Gasteiger partial charge on any atom is 0.253 e. The molecule has 144 valence electrons. The third kappa shape index (κ3) is 3.74. The summed E-state index contributed by atoms with van der Waals surface area (Å²) >= 11 is 0. The highest BCUT2D eigenvalue weighted by molar-refractivity contribution is 5.94. The van der Waals surface area contributed by atoms with E-state index >= 15 is 0 Å². The topological polar surface area (TPSA) is 68.5 Å². The number of carbonyl (C=O) groups is 1. The van der Waals surface area contributed by atoms with Gasteiger partial charge in [-0.3, -0.25) is 4.79 Å². The molecule has 0 unspecified atom stereocenters. The molecule has 1 aliphatic rings. The number of hydrogen-bond donors (Lipinski definition) is 0. The molecule has 3 aromatic rings. The zero-order valence-electron chi connectivity index (χ0n) is 15.5. The highest BCUT2D eigenvalue weighted by atomic mass is 19.1. The molecule has 1 saturated heterocycles. The zero-order valence-corrected chi connectivity index (χ0v) is 15.5. The van der Waals surface area contributed by atoms with Gasteiger partial charge in [-0.1, -0.05) is 5.16 Å². The molecule has 2 heterocycles. The van der Waals surface area contributed by atoms with Gasteiger partial charge in [-0.2, -0.15) is 4.98 Å². The summed E-state index contributed by atoms with van der Waals surface area (Å²) in [7, 11) is 1.61. The second kappa shape index (κ2) is 7.80. The van der Waals surface area contributed by atoms with Crippen molar-refractivity contribution in [2.45, 2.75) is 18.8 Å². The first-order valence-electron chi connectivity index (χ1n) is 9.17. The number of methoxy groups -OCH3 is 1. The fraction of sp³-hybridized carbons (Fsp3) is 0.286. The molecule has 2 aromatic carbocycles. The first-order chi connectivity index (χ1) is 13.6. The van der Waals surface area contributed by atoms with E-state index in [1.807, 2.05) is 24.3 Å². The summed E-state index contributed by atoms with van der Waals surface area (Å²) in [5, 5.41) is 4.08. The van der Waals surface area contributed by atoms with Crippen LogP contribution in [-0.2, 0) is 0 Å². The number of ether oxygens (including phenoxy) is 1. The van der Waals surface area contributed by atoms with Gasteiger partial charge in [0.05, 0.1) is 13.0 Å². The Balaban J connectivity index is 1.48. The SMILES string of the molecule is COc1ccc(-c2noc([C@@H]3CCCN(C(=O)c4ccc(F)cc4)C3)n2)cc1. The molecule has 0 aliphatic carbocycles. The zero-order chi connectivity index (χ0) is 19.5. The van der Waals surface area contributed by atoms with E-state index in [0.717, 1.165) is 24.2 Å². The van der Waals surface area contributed by atoms with E-state index in [1.54, 1.807) is 12.0 Å². The number of nitrogens with zero attached hydrogens (tertiary/aromatic N) is 3. The number of hydrogen-bond acceptors (Lipinski definition) is 5. The second-order valence-corrected chi connectivity index (χ2v) is 6.78. The van der Waals surface area contributed by atoms with Crippen molar-refractivity contribution < 1.29 is 18.4 Å². The van der Waals surface area contributed by atoms with Gasteiger partial charge >= 0.3 is 0 Å². The molecule has 1 aliphatic heterocycles. The van der Waals surface area contributed by atoms with Crippen molar-refractivity contribution in [1.29, 1.82) is 0 Å². The van der Waals surface area contributed by atoms with E-state index in [1.165, 1.54) is 24.3 Å². The quantitative estimate of drug-likeness (QED) is 0.686. The van der Waals surface area contributed by atoms with E-state index in [2.05, 4.69) is 10.1 Å². The minimum atomic E-state index is -0.356. The average Bonchev–Trinajstić information content (AvgIpc) is 3.24. The first kappa shape index (κ1) is 18.2. The number of rotatable bonds is 4. The molecule has 0 bridgehead atoms. The van der Waals surface area contributed by atoms with Crippen LogP contribution in [0.3, 0.4) is 0 Å². The van der Waals surface area contributed by atoms with Crippen LogP contribution in [0, 0.1) is 5.82 Å². The molecule has 28 heavy (non-hydrogen) atoms. The van der Waals surface area contributed by atoms with Crippen molar-refractivity contribution in [2.24, 2.45) is 0 Å². The van der Waals surface area contributed by atoms with Crippen LogP contribution >= 0.6 is 0 Å². The molecule has 4 rings (SSSR count). The minimum absolute atomic E-state index is 0.0161. The second-order valence-electron chi connectivity index (χ2n) is 6.78. The van der Waals surface area contributed by atoms with Gasteiger partial charge in [0.25, 0.3) is 5.91 Å². The Morgan fingerprint density at radius 2 is 1.93 bits per heavy atom. The van der Waals surface area contributed by atoms with Crippen molar-refractivity contribution in [3.63, 3.8) is 0 Å². The third-order valence-corrected chi connectivity index (χ3v) is 4.94. The van der Waals surface area contributed by atoms with Crippen LogP contribution in [0.4, 0.5) is 4.39 Å². The lowest BCUT2D eigenvalue weighted by Crippen LogP contribution is -2.39. The number of halogens is 1. The highest BCUT2D eigenvalue weighted by Gasteiger charge is 2.29. The molecule has 1 aromatic heterocycles. The molecule has 0 spiro atoms. The first-order valence-corrected chi connectivity index (χ1v) is 9.17. The van der Waals surface area contributed by atoms with Crippen molar-refractivity contribution in [3.8, 4) is 17.1 Å². The predicted molar refractivity (Wildman–Crippen MR) is 101 cm³/mol. The number of carbonyl (C=O) groups excluding carboxylic acids is 1. The summed E-state index contributed by atoms with van der Waals surface area (Å²) in [6, 6.07) is 13.1.